The highest BCUT2D eigenvalue weighted by molar-refractivity contribution is 6.02. The standard InChI is InChI=1S/C27H30O6/c1-30-23-13-11-21(18-8-5-9-20-19(18)10-12-22(20)28)24(25(23)31-2)32-16-27(14-15-27)26(29)33-17-6-3-4-7-17/h5,8-9,11,13,17H,3-4,6-7,10,12,14-16H2,1-2H3. The van der Waals surface area contributed by atoms with Crippen LogP contribution in [0.5, 0.6) is 17.2 Å². The zero-order valence-electron chi connectivity index (χ0n) is 19.3. The van der Waals surface area contributed by atoms with Crippen LogP contribution < -0.4 is 14.2 Å². The van der Waals surface area contributed by atoms with Crippen molar-refractivity contribution in [3.05, 3.63) is 41.5 Å². The molecule has 0 amide bonds. The Hall–Kier alpha value is -3.02. The van der Waals surface area contributed by atoms with Crippen molar-refractivity contribution in [2.45, 2.75) is 57.5 Å². The first-order chi connectivity index (χ1) is 16.1. The Morgan fingerprint density at radius 2 is 1.70 bits per heavy atom. The van der Waals surface area contributed by atoms with E-state index in [1.165, 1.54) is 0 Å². The molecule has 0 aliphatic heterocycles. The predicted molar refractivity (Wildman–Crippen MR) is 123 cm³/mol. The Kier molecular flexibility index (Phi) is 5.77. The smallest absolute Gasteiger partial charge is 0.315 e. The molecule has 0 bridgehead atoms. The van der Waals surface area contributed by atoms with Crippen molar-refractivity contribution in [1.29, 1.82) is 0 Å². The molecular formula is C27H30O6. The third kappa shape index (κ3) is 3.96. The number of ketones is 1. The van der Waals surface area contributed by atoms with E-state index >= 15 is 0 Å². The van der Waals surface area contributed by atoms with Crippen LogP contribution in [0.1, 0.15) is 60.9 Å². The second-order valence-electron chi connectivity index (χ2n) is 9.31. The molecule has 0 atom stereocenters. The van der Waals surface area contributed by atoms with E-state index in [0.717, 1.165) is 60.8 Å². The quantitative estimate of drug-likeness (QED) is 0.519. The van der Waals surface area contributed by atoms with E-state index < -0.39 is 5.41 Å². The largest absolute Gasteiger partial charge is 0.493 e. The molecule has 2 aromatic carbocycles. The van der Waals surface area contributed by atoms with E-state index in [1.54, 1.807) is 14.2 Å². The summed E-state index contributed by atoms with van der Waals surface area (Å²) < 4.78 is 23.4. The van der Waals surface area contributed by atoms with Crippen molar-refractivity contribution >= 4 is 11.8 Å². The van der Waals surface area contributed by atoms with Crippen molar-refractivity contribution in [2.75, 3.05) is 20.8 Å². The minimum Gasteiger partial charge on any atom is -0.493 e. The maximum Gasteiger partial charge on any atom is 0.315 e. The maximum atomic E-state index is 12.9. The van der Waals surface area contributed by atoms with Crippen LogP contribution in [0, 0.1) is 5.41 Å². The molecule has 2 fully saturated rings. The summed E-state index contributed by atoms with van der Waals surface area (Å²) in [4.78, 5) is 25.2. The normalized spacial score (nSPS) is 18.7. The maximum absolute atomic E-state index is 12.9. The number of fused-ring (bicyclic) bond motifs is 1. The molecule has 0 saturated heterocycles. The van der Waals surface area contributed by atoms with Crippen molar-refractivity contribution in [1.82, 2.24) is 0 Å². The van der Waals surface area contributed by atoms with E-state index in [1.807, 2.05) is 30.3 Å². The molecule has 0 N–H and O–H groups in total. The van der Waals surface area contributed by atoms with E-state index in [-0.39, 0.29) is 24.5 Å². The first kappa shape index (κ1) is 21.8. The molecule has 2 aromatic rings. The number of Topliss-reactive ketones (excluding diaryl/α,β-unsaturated/α-hetero) is 1. The van der Waals surface area contributed by atoms with E-state index in [2.05, 4.69) is 0 Å². The fourth-order valence-corrected chi connectivity index (χ4v) is 5.05. The first-order valence-electron chi connectivity index (χ1n) is 11.8. The van der Waals surface area contributed by atoms with Gasteiger partial charge in [0.1, 0.15) is 18.1 Å². The first-order valence-corrected chi connectivity index (χ1v) is 11.8. The van der Waals surface area contributed by atoms with Gasteiger partial charge >= 0.3 is 5.97 Å². The van der Waals surface area contributed by atoms with Gasteiger partial charge in [-0.05, 0) is 68.2 Å². The third-order valence-electron chi connectivity index (χ3n) is 7.22. The Balaban J connectivity index is 1.47. The van der Waals surface area contributed by atoms with Crippen LogP contribution in [0.3, 0.4) is 0 Å². The number of benzene rings is 2. The summed E-state index contributed by atoms with van der Waals surface area (Å²) in [5.41, 5.74) is 2.99. The summed E-state index contributed by atoms with van der Waals surface area (Å²) in [7, 11) is 3.16. The van der Waals surface area contributed by atoms with E-state index in [4.69, 9.17) is 18.9 Å². The van der Waals surface area contributed by atoms with Crippen LogP contribution in [0.2, 0.25) is 0 Å². The lowest BCUT2D eigenvalue weighted by molar-refractivity contribution is -0.156. The Labute approximate surface area is 194 Å². The average molecular weight is 451 g/mol. The predicted octanol–water partition coefficient (Wildman–Crippen LogP) is 5.14. The van der Waals surface area contributed by atoms with Crippen molar-refractivity contribution in [3.8, 4) is 28.4 Å². The Bertz CT molecular complexity index is 1080. The Morgan fingerprint density at radius 3 is 2.39 bits per heavy atom. The number of esters is 1. The molecule has 0 aromatic heterocycles. The second kappa shape index (κ2) is 8.73. The molecule has 0 radical (unpaired) electrons. The van der Waals surface area contributed by atoms with Gasteiger partial charge in [-0.15, -0.1) is 0 Å². The van der Waals surface area contributed by atoms with Gasteiger partial charge in [0, 0.05) is 17.5 Å². The number of methoxy groups -OCH3 is 2. The van der Waals surface area contributed by atoms with Gasteiger partial charge in [0.05, 0.1) is 14.2 Å². The zero-order valence-corrected chi connectivity index (χ0v) is 19.3. The third-order valence-corrected chi connectivity index (χ3v) is 7.22. The van der Waals surface area contributed by atoms with E-state index in [0.29, 0.717) is 30.1 Å². The van der Waals surface area contributed by atoms with Crippen LogP contribution in [-0.4, -0.2) is 38.7 Å². The molecule has 33 heavy (non-hydrogen) atoms. The summed E-state index contributed by atoms with van der Waals surface area (Å²) in [6.45, 7) is 0.225. The SMILES string of the molecule is COc1ccc(-c2cccc3c2CCC3=O)c(OCC2(C(=O)OC3CCCC3)CC2)c1OC. The molecular weight excluding hydrogens is 420 g/mol. The number of carbonyl (C=O) groups is 2. The molecule has 0 unspecified atom stereocenters. The van der Waals surface area contributed by atoms with Crippen LogP contribution in [0.4, 0.5) is 0 Å². The number of ether oxygens (including phenoxy) is 4. The lowest BCUT2D eigenvalue weighted by atomic mass is 9.95. The van der Waals surface area contributed by atoms with Crippen LogP contribution >= 0.6 is 0 Å². The van der Waals surface area contributed by atoms with Gasteiger partial charge in [0.2, 0.25) is 5.75 Å². The van der Waals surface area contributed by atoms with Gasteiger partial charge in [-0.2, -0.15) is 0 Å². The Morgan fingerprint density at radius 1 is 0.939 bits per heavy atom. The molecule has 3 aliphatic carbocycles. The molecule has 5 rings (SSSR count). The summed E-state index contributed by atoms with van der Waals surface area (Å²) in [6, 6.07) is 9.57. The minimum absolute atomic E-state index is 0.0429. The van der Waals surface area contributed by atoms with E-state index in [9.17, 15) is 9.59 Å². The highest BCUT2D eigenvalue weighted by atomic mass is 16.6. The fraction of sp³-hybridized carbons (Fsp3) is 0.481. The van der Waals surface area contributed by atoms with Gasteiger partial charge in [-0.3, -0.25) is 9.59 Å². The lowest BCUT2D eigenvalue weighted by Crippen LogP contribution is -2.29. The highest BCUT2D eigenvalue weighted by Crippen LogP contribution is 2.51. The molecule has 2 saturated carbocycles. The molecule has 6 heteroatoms. The molecule has 174 valence electrons. The van der Waals surface area contributed by atoms with Crippen LogP contribution in [0.25, 0.3) is 11.1 Å². The van der Waals surface area contributed by atoms with Crippen LogP contribution in [-0.2, 0) is 16.0 Å². The zero-order chi connectivity index (χ0) is 23.0. The van der Waals surface area contributed by atoms with Crippen LogP contribution in [0.15, 0.2) is 30.3 Å². The van der Waals surface area contributed by atoms with Gasteiger partial charge in [0.15, 0.2) is 17.3 Å². The van der Waals surface area contributed by atoms with Gasteiger partial charge in [0.25, 0.3) is 0 Å². The van der Waals surface area contributed by atoms with Gasteiger partial charge in [-0.1, -0.05) is 18.2 Å². The summed E-state index contributed by atoms with van der Waals surface area (Å²) in [5, 5.41) is 0. The van der Waals surface area contributed by atoms with Crippen molar-refractivity contribution in [3.63, 3.8) is 0 Å². The summed E-state index contributed by atoms with van der Waals surface area (Å²) in [6.07, 6.45) is 6.93. The minimum atomic E-state index is -0.595. The van der Waals surface area contributed by atoms with Crippen molar-refractivity contribution < 1.29 is 28.5 Å². The summed E-state index contributed by atoms with van der Waals surface area (Å²) in [5.74, 6) is 1.59. The molecule has 0 spiro atoms. The van der Waals surface area contributed by atoms with Gasteiger partial charge < -0.3 is 18.9 Å². The monoisotopic (exact) mass is 450 g/mol. The molecule has 0 heterocycles. The number of hydrogen-bond acceptors (Lipinski definition) is 6. The fourth-order valence-electron chi connectivity index (χ4n) is 5.05. The van der Waals surface area contributed by atoms with Gasteiger partial charge in [-0.25, -0.2) is 0 Å². The lowest BCUT2D eigenvalue weighted by Gasteiger charge is -2.22. The van der Waals surface area contributed by atoms with Crippen molar-refractivity contribution in [2.24, 2.45) is 5.41 Å². The number of rotatable bonds is 8. The second-order valence-corrected chi connectivity index (χ2v) is 9.31. The number of hydrogen-bond donors (Lipinski definition) is 0. The number of carbonyl (C=O) groups excluding carboxylic acids is 2. The molecule has 3 aliphatic rings. The topological polar surface area (TPSA) is 71.1 Å². The summed E-state index contributed by atoms with van der Waals surface area (Å²) >= 11 is 0. The highest BCUT2D eigenvalue weighted by Gasteiger charge is 2.53. The molecule has 6 nitrogen and oxygen atoms in total. The average Bonchev–Trinajstić information content (AvgIpc) is 3.28.